The van der Waals surface area contributed by atoms with Crippen molar-refractivity contribution in [3.8, 4) is 0 Å². The molecule has 2 aromatic rings. The first kappa shape index (κ1) is 17.0. The average molecular weight is 337 g/mol. The first-order chi connectivity index (χ1) is 12.3. The summed E-state index contributed by atoms with van der Waals surface area (Å²) in [6.45, 7) is 6.24. The molecule has 1 saturated heterocycles. The van der Waals surface area contributed by atoms with E-state index in [0.29, 0.717) is 18.1 Å². The van der Waals surface area contributed by atoms with E-state index < -0.39 is 0 Å². The molecule has 2 heterocycles. The van der Waals surface area contributed by atoms with E-state index in [1.807, 2.05) is 12.1 Å². The molecule has 1 fully saturated rings. The van der Waals surface area contributed by atoms with Crippen molar-refractivity contribution >= 4 is 23.2 Å². The van der Waals surface area contributed by atoms with Crippen molar-refractivity contribution in [2.24, 2.45) is 0 Å². The van der Waals surface area contributed by atoms with Gasteiger partial charge in [0.15, 0.2) is 0 Å². The minimum atomic E-state index is -0.211. The highest BCUT2D eigenvalue weighted by molar-refractivity contribution is 5.93. The third-order valence-electron chi connectivity index (χ3n) is 4.17. The first-order valence-corrected chi connectivity index (χ1v) is 8.59. The van der Waals surface area contributed by atoms with Crippen LogP contribution in [0.1, 0.15) is 29.6 Å². The van der Waals surface area contributed by atoms with Crippen molar-refractivity contribution in [2.75, 3.05) is 29.9 Å². The van der Waals surface area contributed by atoms with Crippen LogP contribution in [0.2, 0.25) is 0 Å². The number of carbonyl (C=O) groups is 1. The number of rotatable bonds is 6. The summed E-state index contributed by atoms with van der Waals surface area (Å²) in [6.07, 6.45) is 8.50. The van der Waals surface area contributed by atoms with Crippen molar-refractivity contribution in [1.82, 2.24) is 15.3 Å². The number of amides is 1. The van der Waals surface area contributed by atoms with Crippen molar-refractivity contribution in [3.63, 3.8) is 0 Å². The summed E-state index contributed by atoms with van der Waals surface area (Å²) >= 11 is 0. The van der Waals surface area contributed by atoms with E-state index in [0.717, 1.165) is 18.8 Å². The zero-order valence-corrected chi connectivity index (χ0v) is 14.2. The smallest absolute Gasteiger partial charge is 0.254 e. The van der Waals surface area contributed by atoms with Gasteiger partial charge in [-0.1, -0.05) is 6.08 Å². The number of nitrogens with one attached hydrogen (secondary N) is 2. The van der Waals surface area contributed by atoms with Gasteiger partial charge in [-0.2, -0.15) is 0 Å². The Morgan fingerprint density at radius 2 is 1.80 bits per heavy atom. The molecular weight excluding hydrogens is 314 g/mol. The summed E-state index contributed by atoms with van der Waals surface area (Å²) in [5, 5.41) is 5.85. The number of hydrogen-bond donors (Lipinski definition) is 2. The molecule has 6 heteroatoms. The van der Waals surface area contributed by atoms with Crippen LogP contribution in [0.3, 0.4) is 0 Å². The third kappa shape index (κ3) is 4.56. The van der Waals surface area contributed by atoms with Gasteiger partial charge in [-0.15, -0.1) is 6.58 Å². The lowest BCUT2D eigenvalue weighted by Gasteiger charge is -2.28. The zero-order chi connectivity index (χ0) is 17.5. The second-order valence-corrected chi connectivity index (χ2v) is 6.01. The molecule has 0 unspecified atom stereocenters. The van der Waals surface area contributed by atoms with Crippen LogP contribution in [0.15, 0.2) is 49.3 Å². The Morgan fingerprint density at radius 1 is 1.12 bits per heavy atom. The van der Waals surface area contributed by atoms with Crippen molar-refractivity contribution < 1.29 is 4.79 Å². The molecule has 1 aromatic carbocycles. The Labute approximate surface area is 148 Å². The molecule has 1 aliphatic heterocycles. The van der Waals surface area contributed by atoms with Crippen LogP contribution < -0.4 is 15.5 Å². The van der Waals surface area contributed by atoms with Gasteiger partial charge in [-0.05, 0) is 43.5 Å². The number of hydrogen-bond acceptors (Lipinski definition) is 5. The van der Waals surface area contributed by atoms with Crippen molar-refractivity contribution in [2.45, 2.75) is 19.3 Å². The largest absolute Gasteiger partial charge is 0.372 e. The van der Waals surface area contributed by atoms with Gasteiger partial charge in [0.1, 0.15) is 0 Å². The van der Waals surface area contributed by atoms with Crippen LogP contribution in [0.4, 0.5) is 17.3 Å². The summed E-state index contributed by atoms with van der Waals surface area (Å²) in [4.78, 5) is 22.6. The molecule has 3 rings (SSSR count). The quantitative estimate of drug-likeness (QED) is 0.793. The topological polar surface area (TPSA) is 70.2 Å². The number of nitrogens with zero attached hydrogens (tertiary/aromatic N) is 3. The minimum Gasteiger partial charge on any atom is -0.372 e. The van der Waals surface area contributed by atoms with E-state index >= 15 is 0 Å². The molecule has 0 aliphatic carbocycles. The molecule has 2 N–H and O–H groups in total. The zero-order valence-electron chi connectivity index (χ0n) is 14.2. The van der Waals surface area contributed by atoms with E-state index in [-0.39, 0.29) is 5.91 Å². The molecule has 0 bridgehead atoms. The van der Waals surface area contributed by atoms with Crippen molar-refractivity contribution in [3.05, 3.63) is 54.9 Å². The van der Waals surface area contributed by atoms with Gasteiger partial charge in [-0.3, -0.25) is 4.79 Å². The predicted octanol–water partition coefficient (Wildman–Crippen LogP) is 3.13. The van der Waals surface area contributed by atoms with Crippen LogP contribution in [-0.4, -0.2) is 35.5 Å². The Bertz CT molecular complexity index is 706. The summed E-state index contributed by atoms with van der Waals surface area (Å²) in [7, 11) is 0. The van der Waals surface area contributed by atoms with Gasteiger partial charge in [0.25, 0.3) is 5.91 Å². The Hall–Kier alpha value is -2.89. The van der Waals surface area contributed by atoms with Crippen LogP contribution in [0.25, 0.3) is 0 Å². The average Bonchev–Trinajstić information content (AvgIpc) is 2.68. The minimum absolute atomic E-state index is 0.211. The maximum Gasteiger partial charge on any atom is 0.254 e. The molecule has 0 radical (unpaired) electrons. The fourth-order valence-corrected chi connectivity index (χ4v) is 2.81. The van der Waals surface area contributed by atoms with Gasteiger partial charge in [0.05, 0.1) is 5.56 Å². The standard InChI is InChI=1S/C19H23N5O/c1-2-10-20-18(25)15-13-21-19(22-14-15)23-16-6-8-17(9-7-16)24-11-4-3-5-12-24/h2,6-9,13-14H,1,3-5,10-12H2,(H,20,25)(H,21,22,23). The summed E-state index contributed by atoms with van der Waals surface area (Å²) in [5.74, 6) is 0.253. The number of piperidine rings is 1. The number of carbonyl (C=O) groups excluding carboxylic acids is 1. The monoisotopic (exact) mass is 337 g/mol. The first-order valence-electron chi connectivity index (χ1n) is 8.59. The van der Waals surface area contributed by atoms with Crippen LogP contribution in [0, 0.1) is 0 Å². The van der Waals surface area contributed by atoms with Gasteiger partial charge >= 0.3 is 0 Å². The van der Waals surface area contributed by atoms with E-state index in [9.17, 15) is 4.79 Å². The highest BCUT2D eigenvalue weighted by Gasteiger charge is 2.11. The van der Waals surface area contributed by atoms with E-state index in [1.165, 1.54) is 37.3 Å². The molecule has 1 amide bonds. The maximum absolute atomic E-state index is 11.8. The van der Waals surface area contributed by atoms with Crippen LogP contribution in [-0.2, 0) is 0 Å². The SMILES string of the molecule is C=CCNC(=O)c1cnc(Nc2ccc(N3CCCCC3)cc2)nc1. The number of anilines is 3. The van der Waals surface area contributed by atoms with Gasteiger partial charge in [0.2, 0.25) is 5.95 Å². The fourth-order valence-electron chi connectivity index (χ4n) is 2.81. The van der Waals surface area contributed by atoms with Crippen molar-refractivity contribution in [1.29, 1.82) is 0 Å². The Morgan fingerprint density at radius 3 is 2.44 bits per heavy atom. The molecule has 25 heavy (non-hydrogen) atoms. The van der Waals surface area contributed by atoms with E-state index in [4.69, 9.17) is 0 Å². The third-order valence-corrected chi connectivity index (χ3v) is 4.17. The lowest BCUT2D eigenvalue weighted by atomic mass is 10.1. The normalized spacial score (nSPS) is 14.0. The lowest BCUT2D eigenvalue weighted by molar-refractivity contribution is 0.0957. The van der Waals surface area contributed by atoms with Gasteiger partial charge < -0.3 is 15.5 Å². The maximum atomic E-state index is 11.8. The molecule has 1 aromatic heterocycles. The predicted molar refractivity (Wildman–Crippen MR) is 100 cm³/mol. The number of aromatic nitrogens is 2. The molecule has 130 valence electrons. The highest BCUT2D eigenvalue weighted by atomic mass is 16.1. The molecule has 0 saturated carbocycles. The second kappa shape index (κ2) is 8.28. The molecular formula is C19H23N5O. The number of benzene rings is 1. The molecule has 0 atom stereocenters. The fraction of sp³-hybridized carbons (Fsp3) is 0.316. The molecule has 1 aliphatic rings. The van der Waals surface area contributed by atoms with Gasteiger partial charge in [-0.25, -0.2) is 9.97 Å². The summed E-state index contributed by atoms with van der Waals surface area (Å²) in [5.41, 5.74) is 2.60. The van der Waals surface area contributed by atoms with Gasteiger partial charge in [0, 0.05) is 43.4 Å². The Kier molecular flexibility index (Phi) is 5.61. The van der Waals surface area contributed by atoms with Crippen LogP contribution in [0.5, 0.6) is 0 Å². The van der Waals surface area contributed by atoms with E-state index in [2.05, 4.69) is 44.2 Å². The second-order valence-electron chi connectivity index (χ2n) is 6.01. The summed E-state index contributed by atoms with van der Waals surface area (Å²) in [6, 6.07) is 8.28. The highest BCUT2D eigenvalue weighted by Crippen LogP contribution is 2.22. The lowest BCUT2D eigenvalue weighted by Crippen LogP contribution is -2.29. The Balaban J connectivity index is 1.60. The summed E-state index contributed by atoms with van der Waals surface area (Å²) < 4.78 is 0. The van der Waals surface area contributed by atoms with Crippen LogP contribution >= 0.6 is 0 Å². The van der Waals surface area contributed by atoms with E-state index in [1.54, 1.807) is 6.08 Å². The molecule has 6 nitrogen and oxygen atoms in total. The molecule has 0 spiro atoms.